The predicted octanol–water partition coefficient (Wildman–Crippen LogP) is 2.11. The van der Waals surface area contributed by atoms with Gasteiger partial charge in [0.05, 0.1) is 12.9 Å². The Hall–Kier alpha value is -2.80. The zero-order valence-electron chi connectivity index (χ0n) is 11.3. The van der Waals surface area contributed by atoms with Gasteiger partial charge < -0.3 is 4.57 Å². The molecule has 108 valence electrons. The van der Waals surface area contributed by atoms with E-state index in [1.54, 1.807) is 17.3 Å². The van der Waals surface area contributed by atoms with Gasteiger partial charge in [0.1, 0.15) is 19.0 Å². The smallest absolute Gasteiger partial charge is 0.186 e. The van der Waals surface area contributed by atoms with E-state index in [0.717, 1.165) is 16.2 Å². The number of hydrogen-bond donors (Lipinski definition) is 0. The molecule has 0 saturated carbocycles. The zero-order chi connectivity index (χ0) is 14.9. The van der Waals surface area contributed by atoms with Crippen LogP contribution in [0.3, 0.4) is 0 Å². The van der Waals surface area contributed by atoms with Crippen molar-refractivity contribution in [3.8, 4) is 5.82 Å². The van der Waals surface area contributed by atoms with Crippen molar-refractivity contribution in [2.24, 2.45) is 0 Å². The number of nitrogens with zero attached hydrogens (tertiary/aromatic N) is 7. The lowest BCUT2D eigenvalue weighted by Gasteiger charge is -2.06. The third-order valence-electron chi connectivity index (χ3n) is 3.32. The molecule has 0 radical (unpaired) electrons. The van der Waals surface area contributed by atoms with Crippen LogP contribution < -0.4 is 0 Å². The van der Waals surface area contributed by atoms with E-state index < -0.39 is 0 Å². The average Bonchev–Trinajstić information content (AvgIpc) is 3.19. The highest BCUT2D eigenvalue weighted by atomic mass is 35.5. The van der Waals surface area contributed by atoms with Gasteiger partial charge in [-0.2, -0.15) is 5.10 Å². The van der Waals surface area contributed by atoms with E-state index in [9.17, 15) is 0 Å². The molecule has 8 heteroatoms. The monoisotopic (exact) mass is 311 g/mol. The van der Waals surface area contributed by atoms with Crippen molar-refractivity contribution in [2.75, 3.05) is 0 Å². The van der Waals surface area contributed by atoms with Crippen LogP contribution in [0, 0.1) is 0 Å². The van der Waals surface area contributed by atoms with Gasteiger partial charge in [0.15, 0.2) is 17.0 Å². The van der Waals surface area contributed by atoms with Crippen LogP contribution in [-0.4, -0.2) is 34.3 Å². The van der Waals surface area contributed by atoms with Crippen LogP contribution in [0.5, 0.6) is 0 Å². The summed E-state index contributed by atoms with van der Waals surface area (Å²) in [6, 6.07) is 7.71. The molecule has 0 aliphatic heterocycles. The molecule has 4 rings (SSSR count). The molecule has 0 bridgehead atoms. The Kier molecular flexibility index (Phi) is 3.05. The van der Waals surface area contributed by atoms with Crippen molar-refractivity contribution in [2.45, 2.75) is 6.54 Å². The van der Waals surface area contributed by atoms with E-state index in [1.165, 1.54) is 12.7 Å². The van der Waals surface area contributed by atoms with Crippen LogP contribution in [0.25, 0.3) is 17.0 Å². The fourth-order valence-electron chi connectivity index (χ4n) is 2.28. The molecule has 0 aliphatic carbocycles. The van der Waals surface area contributed by atoms with Gasteiger partial charge in [0.25, 0.3) is 0 Å². The second-order valence-electron chi connectivity index (χ2n) is 4.67. The van der Waals surface area contributed by atoms with Gasteiger partial charge in [-0.25, -0.2) is 24.6 Å². The van der Waals surface area contributed by atoms with Crippen molar-refractivity contribution in [1.82, 2.24) is 34.3 Å². The predicted molar refractivity (Wildman–Crippen MR) is 80.8 cm³/mol. The van der Waals surface area contributed by atoms with Crippen LogP contribution in [0.4, 0.5) is 0 Å². The maximum atomic E-state index is 6.22. The largest absolute Gasteiger partial charge is 0.311 e. The van der Waals surface area contributed by atoms with Gasteiger partial charge in [-0.1, -0.05) is 29.8 Å². The summed E-state index contributed by atoms with van der Waals surface area (Å²) in [6.07, 6.45) is 6.25. The SMILES string of the molecule is Clc1ccccc1Cn1cnc2c(-n3cncn3)ncnc21. The molecule has 0 unspecified atom stereocenters. The van der Waals surface area contributed by atoms with Gasteiger partial charge in [-0.3, -0.25) is 0 Å². The average molecular weight is 312 g/mol. The second kappa shape index (κ2) is 5.19. The minimum Gasteiger partial charge on any atom is -0.311 e. The first-order valence-corrected chi connectivity index (χ1v) is 6.95. The fraction of sp³-hybridized carbons (Fsp3) is 0.0714. The Balaban J connectivity index is 1.81. The van der Waals surface area contributed by atoms with Gasteiger partial charge in [0.2, 0.25) is 0 Å². The molecule has 4 aromatic rings. The Labute approximate surface area is 130 Å². The highest BCUT2D eigenvalue weighted by molar-refractivity contribution is 6.31. The summed E-state index contributed by atoms with van der Waals surface area (Å²) >= 11 is 6.22. The summed E-state index contributed by atoms with van der Waals surface area (Å²) in [5.74, 6) is 0.598. The Bertz CT molecular complexity index is 929. The molecule has 0 spiro atoms. The molecule has 0 fully saturated rings. The highest BCUT2D eigenvalue weighted by Gasteiger charge is 2.12. The summed E-state index contributed by atoms with van der Waals surface area (Å²) in [6.45, 7) is 0.587. The molecule has 3 aromatic heterocycles. The van der Waals surface area contributed by atoms with Crippen LogP contribution >= 0.6 is 11.6 Å². The molecule has 0 N–H and O–H groups in total. The first-order valence-electron chi connectivity index (χ1n) is 6.57. The number of rotatable bonds is 3. The standard InChI is InChI=1S/C14H10ClN7/c15-11-4-2-1-3-10(11)5-21-9-19-12-13(21)17-7-18-14(12)22-8-16-6-20-22/h1-4,6-9H,5H2. The van der Waals surface area contributed by atoms with Gasteiger partial charge in [-0.15, -0.1) is 0 Å². The van der Waals surface area contributed by atoms with E-state index in [4.69, 9.17) is 11.6 Å². The normalized spacial score (nSPS) is 11.1. The van der Waals surface area contributed by atoms with E-state index in [1.807, 2.05) is 28.8 Å². The summed E-state index contributed by atoms with van der Waals surface area (Å²) < 4.78 is 3.50. The lowest BCUT2D eigenvalue weighted by Crippen LogP contribution is -2.03. The van der Waals surface area contributed by atoms with Gasteiger partial charge >= 0.3 is 0 Å². The van der Waals surface area contributed by atoms with Gasteiger partial charge in [-0.05, 0) is 11.6 Å². The number of hydrogen-bond acceptors (Lipinski definition) is 5. The molecule has 0 saturated heterocycles. The Morgan fingerprint density at radius 1 is 1.00 bits per heavy atom. The van der Waals surface area contributed by atoms with Gasteiger partial charge in [0, 0.05) is 5.02 Å². The minimum absolute atomic E-state index is 0.587. The number of fused-ring (bicyclic) bond motifs is 1. The molecule has 0 amide bonds. The third-order valence-corrected chi connectivity index (χ3v) is 3.68. The number of halogens is 1. The van der Waals surface area contributed by atoms with E-state index in [2.05, 4.69) is 25.0 Å². The van der Waals surface area contributed by atoms with E-state index >= 15 is 0 Å². The van der Waals surface area contributed by atoms with Crippen molar-refractivity contribution >= 4 is 22.8 Å². The highest BCUT2D eigenvalue weighted by Crippen LogP contribution is 2.20. The molecule has 0 atom stereocenters. The Morgan fingerprint density at radius 2 is 1.91 bits per heavy atom. The zero-order valence-corrected chi connectivity index (χ0v) is 12.1. The van der Waals surface area contributed by atoms with E-state index in [-0.39, 0.29) is 0 Å². The molecule has 22 heavy (non-hydrogen) atoms. The van der Waals surface area contributed by atoms with Crippen LogP contribution in [0.2, 0.25) is 5.02 Å². The topological polar surface area (TPSA) is 74.3 Å². The van der Waals surface area contributed by atoms with E-state index in [0.29, 0.717) is 17.9 Å². The fourth-order valence-corrected chi connectivity index (χ4v) is 2.47. The van der Waals surface area contributed by atoms with Crippen LogP contribution in [-0.2, 0) is 6.54 Å². The van der Waals surface area contributed by atoms with Crippen molar-refractivity contribution in [1.29, 1.82) is 0 Å². The molecular formula is C14H10ClN7. The lowest BCUT2D eigenvalue weighted by molar-refractivity contribution is 0.810. The molecular weight excluding hydrogens is 302 g/mol. The second-order valence-corrected chi connectivity index (χ2v) is 5.08. The first-order chi connectivity index (χ1) is 10.8. The maximum Gasteiger partial charge on any atom is 0.186 e. The minimum atomic E-state index is 0.587. The summed E-state index contributed by atoms with van der Waals surface area (Å²) in [5, 5.41) is 4.81. The van der Waals surface area contributed by atoms with Crippen molar-refractivity contribution < 1.29 is 0 Å². The van der Waals surface area contributed by atoms with Crippen molar-refractivity contribution in [3.63, 3.8) is 0 Å². The molecule has 0 aliphatic rings. The first kappa shape index (κ1) is 12.9. The third kappa shape index (κ3) is 2.11. The number of aromatic nitrogens is 7. The number of imidazole rings is 1. The molecule has 1 aromatic carbocycles. The lowest BCUT2D eigenvalue weighted by atomic mass is 10.2. The summed E-state index contributed by atoms with van der Waals surface area (Å²) in [4.78, 5) is 16.9. The number of benzene rings is 1. The quantitative estimate of drug-likeness (QED) is 0.579. The summed E-state index contributed by atoms with van der Waals surface area (Å²) in [5.41, 5.74) is 2.39. The maximum absolute atomic E-state index is 6.22. The molecule has 7 nitrogen and oxygen atoms in total. The van der Waals surface area contributed by atoms with Crippen LogP contribution in [0.1, 0.15) is 5.56 Å². The Morgan fingerprint density at radius 3 is 2.73 bits per heavy atom. The van der Waals surface area contributed by atoms with Crippen molar-refractivity contribution in [3.05, 3.63) is 60.2 Å². The summed E-state index contributed by atoms with van der Waals surface area (Å²) in [7, 11) is 0. The van der Waals surface area contributed by atoms with Crippen LogP contribution in [0.15, 0.2) is 49.6 Å². The molecule has 3 heterocycles.